The minimum atomic E-state index is -1.06. The van der Waals surface area contributed by atoms with Crippen molar-refractivity contribution in [3.05, 3.63) is 29.3 Å². The van der Waals surface area contributed by atoms with Crippen LogP contribution in [0.5, 0.6) is 5.75 Å². The van der Waals surface area contributed by atoms with Gasteiger partial charge in [-0.2, -0.15) is 0 Å². The molecule has 132 valence electrons. The number of hydrogen-bond acceptors (Lipinski definition) is 4. The van der Waals surface area contributed by atoms with E-state index in [0.717, 1.165) is 19.3 Å². The summed E-state index contributed by atoms with van der Waals surface area (Å²) < 4.78 is 10.7. The molecule has 1 fully saturated rings. The molecular formula is C18H25NO5. The molecule has 2 rings (SSSR count). The molecule has 0 spiro atoms. The van der Waals surface area contributed by atoms with Gasteiger partial charge >= 0.3 is 5.97 Å². The molecular weight excluding hydrogens is 310 g/mol. The molecule has 6 nitrogen and oxygen atoms in total. The SMILES string of the molecule is COc1ccc(CNC(=O)CO[C@@H]2CCC[C@@H](C)C2)cc1C(=O)O. The number of methoxy groups -OCH3 is 1. The van der Waals surface area contributed by atoms with Crippen molar-refractivity contribution in [3.8, 4) is 5.75 Å². The molecule has 0 aromatic heterocycles. The van der Waals surface area contributed by atoms with Crippen molar-refractivity contribution < 1.29 is 24.2 Å². The van der Waals surface area contributed by atoms with Gasteiger partial charge in [-0.25, -0.2) is 4.79 Å². The second kappa shape index (κ2) is 8.68. The third-order valence-corrected chi connectivity index (χ3v) is 4.32. The van der Waals surface area contributed by atoms with Gasteiger partial charge in [-0.05, 0) is 36.5 Å². The van der Waals surface area contributed by atoms with Gasteiger partial charge < -0.3 is 19.9 Å². The number of rotatable bonds is 7. The van der Waals surface area contributed by atoms with Gasteiger partial charge in [0.2, 0.25) is 5.91 Å². The van der Waals surface area contributed by atoms with E-state index in [9.17, 15) is 9.59 Å². The molecule has 0 bridgehead atoms. The first-order chi connectivity index (χ1) is 11.5. The number of benzene rings is 1. The van der Waals surface area contributed by atoms with Gasteiger partial charge in [0.1, 0.15) is 17.9 Å². The van der Waals surface area contributed by atoms with Crippen molar-refractivity contribution in [1.82, 2.24) is 5.32 Å². The van der Waals surface area contributed by atoms with E-state index in [1.54, 1.807) is 12.1 Å². The summed E-state index contributed by atoms with van der Waals surface area (Å²) in [5.74, 6) is -0.302. The van der Waals surface area contributed by atoms with Crippen LogP contribution >= 0.6 is 0 Å². The van der Waals surface area contributed by atoms with Gasteiger partial charge in [0.25, 0.3) is 0 Å². The smallest absolute Gasteiger partial charge is 0.339 e. The maximum Gasteiger partial charge on any atom is 0.339 e. The highest BCUT2D eigenvalue weighted by Gasteiger charge is 2.20. The predicted octanol–water partition coefficient (Wildman–Crippen LogP) is 2.60. The minimum absolute atomic E-state index is 0.0410. The van der Waals surface area contributed by atoms with Crippen LogP contribution in [0.1, 0.15) is 48.5 Å². The molecule has 1 aliphatic rings. The number of nitrogens with one attached hydrogen (secondary N) is 1. The van der Waals surface area contributed by atoms with Gasteiger partial charge in [-0.15, -0.1) is 0 Å². The number of amides is 1. The van der Waals surface area contributed by atoms with E-state index in [1.807, 2.05) is 0 Å². The highest BCUT2D eigenvalue weighted by Crippen LogP contribution is 2.25. The van der Waals surface area contributed by atoms with Gasteiger partial charge in [0.05, 0.1) is 13.2 Å². The first-order valence-electron chi connectivity index (χ1n) is 8.28. The van der Waals surface area contributed by atoms with E-state index >= 15 is 0 Å². The summed E-state index contributed by atoms with van der Waals surface area (Å²) in [7, 11) is 1.42. The van der Waals surface area contributed by atoms with Crippen molar-refractivity contribution >= 4 is 11.9 Å². The lowest BCUT2D eigenvalue weighted by atomic mass is 9.89. The van der Waals surface area contributed by atoms with E-state index in [2.05, 4.69) is 12.2 Å². The van der Waals surface area contributed by atoms with Gasteiger partial charge in [0, 0.05) is 6.54 Å². The van der Waals surface area contributed by atoms with Crippen LogP contribution in [0.2, 0.25) is 0 Å². The molecule has 0 saturated heterocycles. The molecule has 2 atom stereocenters. The van der Waals surface area contributed by atoms with Crippen LogP contribution in [-0.2, 0) is 16.1 Å². The number of hydrogen-bond donors (Lipinski definition) is 2. The minimum Gasteiger partial charge on any atom is -0.496 e. The number of ether oxygens (including phenoxy) is 2. The van der Waals surface area contributed by atoms with Crippen LogP contribution in [0.15, 0.2) is 18.2 Å². The zero-order valence-electron chi connectivity index (χ0n) is 14.2. The molecule has 2 N–H and O–H groups in total. The highest BCUT2D eigenvalue weighted by atomic mass is 16.5. The van der Waals surface area contributed by atoms with Crippen LogP contribution in [0.25, 0.3) is 0 Å². The summed E-state index contributed by atoms with van der Waals surface area (Å²) >= 11 is 0. The van der Waals surface area contributed by atoms with Gasteiger partial charge in [-0.3, -0.25) is 4.79 Å². The Hall–Kier alpha value is -2.08. The summed E-state index contributed by atoms with van der Waals surface area (Å²) in [5.41, 5.74) is 0.782. The maximum absolute atomic E-state index is 11.9. The Morgan fingerprint density at radius 3 is 2.79 bits per heavy atom. The Balaban J connectivity index is 1.81. The standard InChI is InChI=1S/C18H25NO5/c1-12-4-3-5-14(8-12)24-11-17(20)19-10-13-6-7-16(23-2)15(9-13)18(21)22/h6-7,9,12,14H,3-5,8,10-11H2,1-2H3,(H,19,20)(H,21,22)/t12-,14-/m1/s1. The van der Waals surface area contributed by atoms with Gasteiger partial charge in [0.15, 0.2) is 0 Å². The fraction of sp³-hybridized carbons (Fsp3) is 0.556. The Morgan fingerprint density at radius 2 is 2.12 bits per heavy atom. The summed E-state index contributed by atoms with van der Waals surface area (Å²) in [4.78, 5) is 23.1. The van der Waals surface area contributed by atoms with Crippen molar-refractivity contribution in [1.29, 1.82) is 0 Å². The largest absolute Gasteiger partial charge is 0.496 e. The fourth-order valence-corrected chi connectivity index (χ4v) is 3.01. The van der Waals surface area contributed by atoms with Crippen molar-refractivity contribution in [3.63, 3.8) is 0 Å². The number of carboxylic acid groups (broad SMARTS) is 1. The normalized spacial score (nSPS) is 20.4. The molecule has 1 aliphatic carbocycles. The fourth-order valence-electron chi connectivity index (χ4n) is 3.01. The molecule has 0 unspecified atom stereocenters. The second-order valence-electron chi connectivity index (χ2n) is 6.32. The summed E-state index contributed by atoms with van der Waals surface area (Å²) in [6, 6.07) is 4.82. The lowest BCUT2D eigenvalue weighted by molar-refractivity contribution is -0.128. The van der Waals surface area contributed by atoms with E-state index in [1.165, 1.54) is 19.6 Å². The average Bonchev–Trinajstić information content (AvgIpc) is 2.58. The van der Waals surface area contributed by atoms with E-state index < -0.39 is 5.97 Å². The Kier molecular flexibility index (Phi) is 6.61. The summed E-state index contributed by atoms with van der Waals surface area (Å²) in [5, 5.41) is 11.9. The molecule has 0 radical (unpaired) electrons. The number of carboxylic acids is 1. The van der Waals surface area contributed by atoms with Crippen LogP contribution in [0, 0.1) is 5.92 Å². The number of carbonyl (C=O) groups excluding carboxylic acids is 1. The second-order valence-corrected chi connectivity index (χ2v) is 6.32. The average molecular weight is 335 g/mol. The van der Waals surface area contributed by atoms with Crippen molar-refractivity contribution in [2.24, 2.45) is 5.92 Å². The monoisotopic (exact) mass is 335 g/mol. The molecule has 0 aliphatic heterocycles. The molecule has 1 amide bonds. The Labute approximate surface area is 142 Å². The van der Waals surface area contributed by atoms with Crippen LogP contribution in [0.4, 0.5) is 0 Å². The predicted molar refractivity (Wildman–Crippen MR) is 89.2 cm³/mol. The lowest BCUT2D eigenvalue weighted by Crippen LogP contribution is -2.31. The molecule has 0 heterocycles. The first-order valence-corrected chi connectivity index (χ1v) is 8.28. The van der Waals surface area contributed by atoms with Crippen molar-refractivity contribution in [2.75, 3.05) is 13.7 Å². The summed E-state index contributed by atoms with van der Waals surface area (Å²) in [6.07, 6.45) is 4.57. The number of aromatic carboxylic acids is 1. The van der Waals surface area contributed by atoms with E-state index in [0.29, 0.717) is 17.2 Å². The maximum atomic E-state index is 11.9. The summed E-state index contributed by atoms with van der Waals surface area (Å²) in [6.45, 7) is 2.51. The Bertz CT molecular complexity index is 587. The van der Waals surface area contributed by atoms with Crippen LogP contribution in [-0.4, -0.2) is 36.8 Å². The third kappa shape index (κ3) is 5.23. The topological polar surface area (TPSA) is 84.9 Å². The first kappa shape index (κ1) is 18.3. The quantitative estimate of drug-likeness (QED) is 0.800. The van der Waals surface area contributed by atoms with E-state index in [-0.39, 0.29) is 30.7 Å². The van der Waals surface area contributed by atoms with Crippen LogP contribution < -0.4 is 10.1 Å². The molecule has 24 heavy (non-hydrogen) atoms. The van der Waals surface area contributed by atoms with Crippen LogP contribution in [0.3, 0.4) is 0 Å². The zero-order valence-corrected chi connectivity index (χ0v) is 14.2. The lowest BCUT2D eigenvalue weighted by Gasteiger charge is -2.26. The number of carbonyl (C=O) groups is 2. The van der Waals surface area contributed by atoms with Crippen molar-refractivity contribution in [2.45, 2.75) is 45.3 Å². The third-order valence-electron chi connectivity index (χ3n) is 4.32. The Morgan fingerprint density at radius 1 is 1.33 bits per heavy atom. The zero-order chi connectivity index (χ0) is 17.5. The molecule has 1 saturated carbocycles. The molecule has 6 heteroatoms. The highest BCUT2D eigenvalue weighted by molar-refractivity contribution is 5.91. The molecule has 1 aromatic carbocycles. The van der Waals surface area contributed by atoms with Gasteiger partial charge in [-0.1, -0.05) is 25.8 Å². The van der Waals surface area contributed by atoms with E-state index in [4.69, 9.17) is 14.6 Å². The molecule has 1 aromatic rings.